The number of hydrogen-bond acceptors (Lipinski definition) is 3. The molecule has 1 saturated heterocycles. The summed E-state index contributed by atoms with van der Waals surface area (Å²) in [5.41, 5.74) is 0. The Labute approximate surface area is 106 Å². The Morgan fingerprint density at radius 2 is 2.00 bits per heavy atom. The topological polar surface area (TPSA) is 57.7 Å². The Balaban J connectivity index is 2.19. The van der Waals surface area contributed by atoms with Crippen LogP contribution < -0.4 is 0 Å². The van der Waals surface area contributed by atoms with Crippen molar-refractivity contribution in [1.82, 2.24) is 9.80 Å². The standard InChI is InChI=1S/C13H18N2O3/c1-9(2)8-14-11(16)12(17)15(13(14)18)10-6-4-3-5-7-10/h4,6,9-10H,3,5,7-8H2,1-2H3. The zero-order valence-electron chi connectivity index (χ0n) is 10.8. The van der Waals surface area contributed by atoms with Crippen LogP contribution in [0.3, 0.4) is 0 Å². The minimum atomic E-state index is -0.687. The van der Waals surface area contributed by atoms with Gasteiger partial charge in [0.05, 0.1) is 6.04 Å². The van der Waals surface area contributed by atoms with E-state index < -0.39 is 17.8 Å². The molecule has 0 aromatic heterocycles. The van der Waals surface area contributed by atoms with Crippen LogP contribution in [0.25, 0.3) is 0 Å². The third-order valence-corrected chi connectivity index (χ3v) is 3.19. The smallest absolute Gasteiger partial charge is 0.263 e. The molecule has 18 heavy (non-hydrogen) atoms. The van der Waals surface area contributed by atoms with Crippen LogP contribution in [0.2, 0.25) is 0 Å². The van der Waals surface area contributed by atoms with Crippen molar-refractivity contribution in [3.05, 3.63) is 12.2 Å². The SMILES string of the molecule is CC(C)CN1C(=O)C(=O)N(C2C=CCCC2)C1=O. The first kappa shape index (κ1) is 12.8. The van der Waals surface area contributed by atoms with Crippen molar-refractivity contribution in [2.24, 2.45) is 5.92 Å². The van der Waals surface area contributed by atoms with Gasteiger partial charge in [-0.2, -0.15) is 0 Å². The van der Waals surface area contributed by atoms with Crippen molar-refractivity contribution in [2.45, 2.75) is 39.2 Å². The van der Waals surface area contributed by atoms with Crippen LogP contribution in [0.15, 0.2) is 12.2 Å². The molecule has 1 atom stereocenters. The fourth-order valence-electron chi connectivity index (χ4n) is 2.35. The van der Waals surface area contributed by atoms with Gasteiger partial charge in [-0.1, -0.05) is 26.0 Å². The fourth-order valence-corrected chi connectivity index (χ4v) is 2.35. The normalized spacial score (nSPS) is 24.6. The average molecular weight is 250 g/mol. The lowest BCUT2D eigenvalue weighted by molar-refractivity contribution is -0.143. The van der Waals surface area contributed by atoms with Crippen LogP contribution in [0, 0.1) is 5.92 Å². The summed E-state index contributed by atoms with van der Waals surface area (Å²) in [5, 5.41) is 0. The second-order valence-electron chi connectivity index (χ2n) is 5.19. The summed E-state index contributed by atoms with van der Waals surface area (Å²) in [4.78, 5) is 38.0. The van der Waals surface area contributed by atoms with Crippen LogP contribution in [-0.4, -0.2) is 40.2 Å². The number of carbonyl (C=O) groups excluding carboxylic acids is 3. The predicted molar refractivity (Wildman–Crippen MR) is 65.6 cm³/mol. The predicted octanol–water partition coefficient (Wildman–Crippen LogP) is 1.54. The van der Waals surface area contributed by atoms with E-state index in [-0.39, 0.29) is 12.0 Å². The number of rotatable bonds is 3. The summed E-state index contributed by atoms with van der Waals surface area (Å²) >= 11 is 0. The molecule has 1 aliphatic carbocycles. The van der Waals surface area contributed by atoms with Crippen LogP contribution >= 0.6 is 0 Å². The van der Waals surface area contributed by atoms with Crippen molar-refractivity contribution in [3.8, 4) is 0 Å². The fraction of sp³-hybridized carbons (Fsp3) is 0.615. The lowest BCUT2D eigenvalue weighted by Gasteiger charge is -2.25. The lowest BCUT2D eigenvalue weighted by Crippen LogP contribution is -2.41. The molecular formula is C13H18N2O3. The summed E-state index contributed by atoms with van der Waals surface area (Å²) in [6.07, 6.45) is 6.47. The first-order chi connectivity index (χ1) is 8.52. The maximum atomic E-state index is 12.1. The number of amides is 4. The van der Waals surface area contributed by atoms with Gasteiger partial charge in [0.2, 0.25) is 0 Å². The third kappa shape index (κ3) is 2.17. The van der Waals surface area contributed by atoms with Crippen molar-refractivity contribution in [3.63, 3.8) is 0 Å². The molecule has 2 rings (SSSR count). The summed E-state index contributed by atoms with van der Waals surface area (Å²) in [6, 6.07) is -0.713. The van der Waals surface area contributed by atoms with Gasteiger partial charge in [0.25, 0.3) is 0 Å². The first-order valence-corrected chi connectivity index (χ1v) is 6.38. The van der Waals surface area contributed by atoms with E-state index in [1.807, 2.05) is 26.0 Å². The molecule has 98 valence electrons. The number of allylic oxidation sites excluding steroid dienone is 1. The number of hydrogen-bond donors (Lipinski definition) is 0. The Hall–Kier alpha value is -1.65. The lowest BCUT2D eigenvalue weighted by atomic mass is 10.0. The second-order valence-corrected chi connectivity index (χ2v) is 5.19. The molecule has 0 radical (unpaired) electrons. The molecule has 4 amide bonds. The van der Waals surface area contributed by atoms with Crippen molar-refractivity contribution in [1.29, 1.82) is 0 Å². The van der Waals surface area contributed by atoms with E-state index in [1.165, 1.54) is 0 Å². The van der Waals surface area contributed by atoms with Crippen molar-refractivity contribution < 1.29 is 14.4 Å². The molecule has 0 saturated carbocycles. The van der Waals surface area contributed by atoms with Gasteiger partial charge in [-0.3, -0.25) is 14.5 Å². The summed E-state index contributed by atoms with van der Waals surface area (Å²) < 4.78 is 0. The maximum absolute atomic E-state index is 12.1. The van der Waals surface area contributed by atoms with Crippen molar-refractivity contribution >= 4 is 17.8 Å². The van der Waals surface area contributed by atoms with E-state index in [0.717, 1.165) is 29.1 Å². The van der Waals surface area contributed by atoms with Gasteiger partial charge < -0.3 is 0 Å². The number of nitrogens with zero attached hydrogens (tertiary/aromatic N) is 2. The van der Waals surface area contributed by atoms with Crippen LogP contribution in [0.1, 0.15) is 33.1 Å². The molecule has 5 nitrogen and oxygen atoms in total. The van der Waals surface area contributed by atoms with Crippen molar-refractivity contribution in [2.75, 3.05) is 6.54 Å². The summed E-state index contributed by atoms with van der Waals surface area (Å²) in [5.74, 6) is -1.21. The Kier molecular flexibility index (Phi) is 3.50. The van der Waals surface area contributed by atoms with Gasteiger partial charge in [0.15, 0.2) is 0 Å². The molecule has 1 heterocycles. The highest BCUT2D eigenvalue weighted by atomic mass is 16.2. The maximum Gasteiger partial charge on any atom is 0.334 e. The molecular weight excluding hydrogens is 232 g/mol. The monoisotopic (exact) mass is 250 g/mol. The minimum absolute atomic E-state index is 0.160. The van der Waals surface area contributed by atoms with Gasteiger partial charge >= 0.3 is 17.8 Å². The highest BCUT2D eigenvalue weighted by Crippen LogP contribution is 2.23. The number of carbonyl (C=O) groups is 3. The molecule has 0 aromatic carbocycles. The Morgan fingerprint density at radius 1 is 1.28 bits per heavy atom. The highest BCUT2D eigenvalue weighted by molar-refractivity contribution is 6.44. The molecule has 1 unspecified atom stereocenters. The molecule has 1 fully saturated rings. The molecule has 0 aromatic rings. The van der Waals surface area contributed by atoms with Crippen LogP contribution in [0.4, 0.5) is 4.79 Å². The molecule has 2 aliphatic rings. The number of imide groups is 2. The van der Waals surface area contributed by atoms with E-state index in [4.69, 9.17) is 0 Å². The van der Waals surface area contributed by atoms with Gasteiger partial charge in [-0.15, -0.1) is 0 Å². The van der Waals surface area contributed by atoms with Gasteiger partial charge in [0.1, 0.15) is 0 Å². The number of urea groups is 1. The molecule has 0 N–H and O–H groups in total. The molecule has 0 spiro atoms. The minimum Gasteiger partial charge on any atom is -0.263 e. The molecule has 0 bridgehead atoms. The highest BCUT2D eigenvalue weighted by Gasteiger charge is 2.47. The Morgan fingerprint density at radius 3 is 2.56 bits per heavy atom. The van der Waals surface area contributed by atoms with E-state index in [0.29, 0.717) is 6.54 Å². The average Bonchev–Trinajstić information content (AvgIpc) is 2.54. The molecule has 1 aliphatic heterocycles. The van der Waals surface area contributed by atoms with E-state index in [9.17, 15) is 14.4 Å². The van der Waals surface area contributed by atoms with E-state index >= 15 is 0 Å². The summed E-state index contributed by atoms with van der Waals surface area (Å²) in [6.45, 7) is 4.12. The largest absolute Gasteiger partial charge is 0.334 e. The van der Waals surface area contributed by atoms with Crippen LogP contribution in [-0.2, 0) is 9.59 Å². The van der Waals surface area contributed by atoms with Gasteiger partial charge in [0, 0.05) is 6.54 Å². The second kappa shape index (κ2) is 4.92. The zero-order chi connectivity index (χ0) is 13.3. The Bertz CT molecular complexity index is 414. The summed E-state index contributed by atoms with van der Waals surface area (Å²) in [7, 11) is 0. The van der Waals surface area contributed by atoms with Crippen LogP contribution in [0.5, 0.6) is 0 Å². The first-order valence-electron chi connectivity index (χ1n) is 6.38. The van der Waals surface area contributed by atoms with E-state index in [1.54, 1.807) is 0 Å². The van der Waals surface area contributed by atoms with E-state index in [2.05, 4.69) is 0 Å². The molecule has 5 heteroatoms. The van der Waals surface area contributed by atoms with Gasteiger partial charge in [-0.05, 0) is 25.2 Å². The zero-order valence-corrected chi connectivity index (χ0v) is 10.8. The quantitative estimate of drug-likeness (QED) is 0.434. The van der Waals surface area contributed by atoms with Gasteiger partial charge in [-0.25, -0.2) is 9.69 Å². The third-order valence-electron chi connectivity index (χ3n) is 3.19.